The summed E-state index contributed by atoms with van der Waals surface area (Å²) in [7, 11) is 0. The van der Waals surface area contributed by atoms with E-state index in [2.05, 4.69) is 240 Å². The lowest BCUT2D eigenvalue weighted by Gasteiger charge is -2.26. The molecule has 2 heterocycles. The molecule has 12 aromatic rings. The van der Waals surface area contributed by atoms with Gasteiger partial charge in [-0.25, -0.2) is 0 Å². The first kappa shape index (κ1) is 34.9. The van der Waals surface area contributed by atoms with Crippen LogP contribution in [0, 0.1) is 0 Å². The zero-order valence-electron chi connectivity index (χ0n) is 33.2. The van der Waals surface area contributed by atoms with Gasteiger partial charge in [-0.05, 0) is 99.9 Å². The SMILES string of the molecule is c1ccc(-c2ccc(N(c3ccc(-c4ccccc4-n4c5ccccc5c5ccccc54)cc3)c3cccc(-c4cccc5oc6c7ccccc7ccc6c45)c3)cc2)cc1. The first-order valence-corrected chi connectivity index (χ1v) is 20.8. The van der Waals surface area contributed by atoms with Crippen LogP contribution in [-0.4, -0.2) is 4.57 Å². The number of aromatic nitrogens is 1. The second-order valence-corrected chi connectivity index (χ2v) is 15.7. The molecule has 10 aromatic carbocycles. The molecule has 0 unspecified atom stereocenters. The minimum atomic E-state index is 0.888. The third-order valence-electron chi connectivity index (χ3n) is 12.2. The van der Waals surface area contributed by atoms with E-state index in [4.69, 9.17) is 4.42 Å². The summed E-state index contributed by atoms with van der Waals surface area (Å²) in [4.78, 5) is 2.36. The van der Waals surface area contributed by atoms with Crippen LogP contribution in [0.4, 0.5) is 17.1 Å². The van der Waals surface area contributed by atoms with E-state index in [0.717, 1.165) is 66.8 Å². The fourth-order valence-corrected chi connectivity index (χ4v) is 9.37. The molecule has 0 aliphatic carbocycles. The van der Waals surface area contributed by atoms with E-state index in [1.807, 2.05) is 0 Å². The maximum absolute atomic E-state index is 6.60. The highest BCUT2D eigenvalue weighted by Crippen LogP contribution is 2.43. The largest absolute Gasteiger partial charge is 0.455 e. The summed E-state index contributed by atoms with van der Waals surface area (Å²) < 4.78 is 9.01. The first-order chi connectivity index (χ1) is 30.3. The number of anilines is 3. The third-order valence-corrected chi connectivity index (χ3v) is 12.2. The van der Waals surface area contributed by atoms with E-state index in [1.165, 1.54) is 43.9 Å². The van der Waals surface area contributed by atoms with Gasteiger partial charge in [0.1, 0.15) is 11.2 Å². The highest BCUT2D eigenvalue weighted by molar-refractivity contribution is 6.19. The lowest BCUT2D eigenvalue weighted by Crippen LogP contribution is -2.10. The standard InChI is InChI=1S/C58H38N2O/c1-2-14-39(15-3-1)40-28-33-44(34-29-40)59(46-18-12-17-43(38-46)48-23-13-27-56-57(48)52-37-32-41-16-4-5-20-49(41)58(52)61-56)45-35-30-42(31-36-45)47-19-6-9-24-53(47)60-54-25-10-7-21-50(54)51-22-8-11-26-55(51)60/h1-38H. The number of benzene rings is 10. The molecule has 0 saturated heterocycles. The maximum Gasteiger partial charge on any atom is 0.143 e. The molecule has 0 fully saturated rings. The average molecular weight is 779 g/mol. The molecule has 2 aromatic heterocycles. The Morgan fingerprint density at radius 1 is 0.344 bits per heavy atom. The zero-order valence-corrected chi connectivity index (χ0v) is 33.2. The van der Waals surface area contributed by atoms with Crippen LogP contribution in [0.1, 0.15) is 0 Å². The van der Waals surface area contributed by atoms with Gasteiger partial charge in [0, 0.05) is 49.6 Å². The zero-order chi connectivity index (χ0) is 40.3. The van der Waals surface area contributed by atoms with Gasteiger partial charge in [0.05, 0.1) is 16.7 Å². The van der Waals surface area contributed by atoms with Gasteiger partial charge in [-0.1, -0.05) is 164 Å². The topological polar surface area (TPSA) is 21.3 Å². The molecular weight excluding hydrogens is 741 g/mol. The van der Waals surface area contributed by atoms with Gasteiger partial charge >= 0.3 is 0 Å². The van der Waals surface area contributed by atoms with Crippen LogP contribution in [-0.2, 0) is 0 Å². The molecule has 0 atom stereocenters. The molecule has 0 bridgehead atoms. The Kier molecular flexibility index (Phi) is 8.17. The molecule has 61 heavy (non-hydrogen) atoms. The average Bonchev–Trinajstić information content (AvgIpc) is 3.89. The van der Waals surface area contributed by atoms with E-state index >= 15 is 0 Å². The van der Waals surface area contributed by atoms with Crippen LogP contribution in [0.15, 0.2) is 235 Å². The summed E-state index contributed by atoms with van der Waals surface area (Å²) in [5.41, 5.74) is 15.6. The van der Waals surface area contributed by atoms with Crippen LogP contribution in [0.25, 0.3) is 93.6 Å². The Labute approximate surface area is 353 Å². The van der Waals surface area contributed by atoms with Crippen molar-refractivity contribution in [1.82, 2.24) is 4.57 Å². The Morgan fingerprint density at radius 3 is 1.67 bits per heavy atom. The van der Waals surface area contributed by atoms with Crippen molar-refractivity contribution in [3.63, 3.8) is 0 Å². The molecule has 3 nitrogen and oxygen atoms in total. The summed E-state index contributed by atoms with van der Waals surface area (Å²) in [5.74, 6) is 0. The summed E-state index contributed by atoms with van der Waals surface area (Å²) in [5, 5.41) is 7.07. The van der Waals surface area contributed by atoms with Crippen molar-refractivity contribution < 1.29 is 4.42 Å². The monoisotopic (exact) mass is 778 g/mol. The Bertz CT molecular complexity index is 3520. The van der Waals surface area contributed by atoms with E-state index < -0.39 is 0 Å². The highest BCUT2D eigenvalue weighted by Gasteiger charge is 2.19. The number of hydrogen-bond donors (Lipinski definition) is 0. The van der Waals surface area contributed by atoms with E-state index in [9.17, 15) is 0 Å². The molecule has 0 aliphatic rings. The van der Waals surface area contributed by atoms with Crippen LogP contribution in [0.2, 0.25) is 0 Å². The minimum Gasteiger partial charge on any atom is -0.455 e. The van der Waals surface area contributed by atoms with Crippen molar-refractivity contribution in [2.75, 3.05) is 4.90 Å². The van der Waals surface area contributed by atoms with Gasteiger partial charge in [-0.15, -0.1) is 0 Å². The van der Waals surface area contributed by atoms with Crippen molar-refractivity contribution >= 4 is 71.6 Å². The minimum absolute atomic E-state index is 0.888. The van der Waals surface area contributed by atoms with Crippen molar-refractivity contribution in [2.45, 2.75) is 0 Å². The lowest BCUT2D eigenvalue weighted by molar-refractivity contribution is 0.673. The Balaban J connectivity index is 0.989. The number of hydrogen-bond acceptors (Lipinski definition) is 2. The molecule has 12 rings (SSSR count). The fraction of sp³-hybridized carbons (Fsp3) is 0. The lowest BCUT2D eigenvalue weighted by atomic mass is 9.97. The molecule has 0 aliphatic heterocycles. The smallest absolute Gasteiger partial charge is 0.143 e. The van der Waals surface area contributed by atoms with Gasteiger partial charge < -0.3 is 13.9 Å². The summed E-state index contributed by atoms with van der Waals surface area (Å²) in [6, 6.07) is 82.8. The van der Waals surface area contributed by atoms with E-state index in [0.29, 0.717) is 0 Å². The molecule has 0 radical (unpaired) electrons. The van der Waals surface area contributed by atoms with Crippen LogP contribution in [0.3, 0.4) is 0 Å². The van der Waals surface area contributed by atoms with Crippen LogP contribution < -0.4 is 4.90 Å². The number of rotatable bonds is 7. The molecular formula is C58H38N2O. The molecule has 0 N–H and O–H groups in total. The number of para-hydroxylation sites is 3. The second kappa shape index (κ2) is 14.3. The summed E-state index contributed by atoms with van der Waals surface area (Å²) in [6.45, 7) is 0. The Morgan fingerprint density at radius 2 is 0.918 bits per heavy atom. The molecule has 0 spiro atoms. The van der Waals surface area contributed by atoms with Crippen molar-refractivity contribution in [3.05, 3.63) is 231 Å². The maximum atomic E-state index is 6.60. The summed E-state index contributed by atoms with van der Waals surface area (Å²) in [6.07, 6.45) is 0. The molecule has 3 heteroatoms. The van der Waals surface area contributed by atoms with E-state index in [1.54, 1.807) is 0 Å². The molecule has 0 saturated carbocycles. The fourth-order valence-electron chi connectivity index (χ4n) is 9.37. The predicted molar refractivity (Wildman–Crippen MR) is 257 cm³/mol. The number of fused-ring (bicyclic) bond motifs is 8. The first-order valence-electron chi connectivity index (χ1n) is 20.8. The van der Waals surface area contributed by atoms with E-state index in [-0.39, 0.29) is 0 Å². The van der Waals surface area contributed by atoms with Crippen molar-refractivity contribution in [3.8, 4) is 39.1 Å². The third kappa shape index (κ3) is 5.82. The van der Waals surface area contributed by atoms with Gasteiger partial charge in [-0.3, -0.25) is 0 Å². The number of nitrogens with zero attached hydrogens (tertiary/aromatic N) is 2. The van der Waals surface area contributed by atoms with Crippen molar-refractivity contribution in [1.29, 1.82) is 0 Å². The summed E-state index contributed by atoms with van der Waals surface area (Å²) >= 11 is 0. The predicted octanol–water partition coefficient (Wildman–Crippen LogP) is 16.3. The second-order valence-electron chi connectivity index (χ2n) is 15.7. The van der Waals surface area contributed by atoms with Gasteiger partial charge in [-0.2, -0.15) is 0 Å². The van der Waals surface area contributed by atoms with Gasteiger partial charge in [0.25, 0.3) is 0 Å². The normalized spacial score (nSPS) is 11.6. The molecule has 0 amide bonds. The van der Waals surface area contributed by atoms with Crippen LogP contribution in [0.5, 0.6) is 0 Å². The quantitative estimate of drug-likeness (QED) is 0.161. The highest BCUT2D eigenvalue weighted by atomic mass is 16.3. The van der Waals surface area contributed by atoms with Gasteiger partial charge in [0.2, 0.25) is 0 Å². The van der Waals surface area contributed by atoms with Crippen LogP contribution >= 0.6 is 0 Å². The van der Waals surface area contributed by atoms with Crippen molar-refractivity contribution in [2.24, 2.45) is 0 Å². The number of furan rings is 1. The molecule has 286 valence electrons. The van der Waals surface area contributed by atoms with Gasteiger partial charge in [0.15, 0.2) is 0 Å². The Hall–Kier alpha value is -8.14.